The molecule has 0 rings (SSSR count). The fraction of sp³-hybridized carbons (Fsp3) is 0.889. The summed E-state index contributed by atoms with van der Waals surface area (Å²) in [7, 11) is 4.57. The van der Waals surface area contributed by atoms with Gasteiger partial charge in [0.25, 0.3) is 0 Å². The summed E-state index contributed by atoms with van der Waals surface area (Å²) in [5, 5.41) is 8.70. The van der Waals surface area contributed by atoms with E-state index in [1.165, 1.54) is 0 Å². The van der Waals surface area contributed by atoms with Crippen LogP contribution in [-0.2, 0) is 17.3 Å². The van der Waals surface area contributed by atoms with Gasteiger partial charge in [-0.25, -0.2) is 6.17 Å². The molecule has 0 N–H and O–H groups in total. The van der Waals surface area contributed by atoms with Crippen molar-refractivity contribution >= 4 is 9.69 Å². The SMILES string of the molecule is CC(C)[N-]C(C)[N-]C(C)C.[CH3-].[Cl][Ru+3]. The van der Waals surface area contributed by atoms with Crippen LogP contribution in [0.3, 0.4) is 0 Å². The number of hydrogen-bond donors (Lipinski definition) is 0. The first kappa shape index (κ1) is 19.4. The first-order chi connectivity index (χ1) is 5.52. The number of rotatable bonds is 4. The number of nitrogens with zero attached hydrogens (tertiary/aromatic N) is 2. The van der Waals surface area contributed by atoms with Crippen LogP contribution in [0, 0.1) is 7.43 Å². The topological polar surface area (TPSA) is 28.2 Å². The molecule has 82 valence electrons. The number of halogens is 1. The van der Waals surface area contributed by atoms with Gasteiger partial charge in [-0.1, -0.05) is 27.7 Å². The van der Waals surface area contributed by atoms with E-state index >= 15 is 0 Å². The molecular weight excluding hydrogens is 273 g/mol. The van der Waals surface area contributed by atoms with Crippen molar-refractivity contribution in [1.29, 1.82) is 0 Å². The summed E-state index contributed by atoms with van der Waals surface area (Å²) in [6, 6.07) is 0.801. The second-order valence-corrected chi connectivity index (χ2v) is 3.12. The molecule has 0 amide bonds. The summed E-state index contributed by atoms with van der Waals surface area (Å²) < 4.78 is 0. The maximum absolute atomic E-state index is 4.57. The first-order valence-electron chi connectivity index (χ1n) is 4.05. The number of hydrogen-bond acceptors (Lipinski definition) is 0. The van der Waals surface area contributed by atoms with Crippen LogP contribution in [0.15, 0.2) is 0 Å². The quantitative estimate of drug-likeness (QED) is 0.553. The molecule has 0 unspecified atom stereocenters. The molecule has 0 bridgehead atoms. The van der Waals surface area contributed by atoms with Crippen molar-refractivity contribution in [3.05, 3.63) is 18.1 Å². The van der Waals surface area contributed by atoms with Gasteiger partial charge in [0.15, 0.2) is 0 Å². The minimum absolute atomic E-state index is 0. The molecule has 0 heterocycles. The Labute approximate surface area is 97.9 Å². The van der Waals surface area contributed by atoms with Gasteiger partial charge in [0, 0.05) is 0 Å². The van der Waals surface area contributed by atoms with Gasteiger partial charge in [0.2, 0.25) is 0 Å². The van der Waals surface area contributed by atoms with Crippen LogP contribution in [-0.4, -0.2) is 18.2 Å². The van der Waals surface area contributed by atoms with Crippen molar-refractivity contribution in [2.24, 2.45) is 0 Å². The average Bonchev–Trinajstić information content (AvgIpc) is 1.87. The van der Waals surface area contributed by atoms with E-state index in [4.69, 9.17) is 0 Å². The molecule has 0 saturated heterocycles. The molecule has 0 aromatic heterocycles. The molecule has 2 nitrogen and oxygen atoms in total. The Morgan fingerprint density at radius 1 is 0.846 bits per heavy atom. The molecule has 0 aliphatic carbocycles. The molecule has 0 radical (unpaired) electrons. The summed E-state index contributed by atoms with van der Waals surface area (Å²) in [5.74, 6) is 0. The first-order valence-corrected chi connectivity index (χ1v) is 6.29. The van der Waals surface area contributed by atoms with Gasteiger partial charge in [-0.05, 0) is 0 Å². The second-order valence-electron chi connectivity index (χ2n) is 3.12. The van der Waals surface area contributed by atoms with Gasteiger partial charge in [-0.15, -0.1) is 19.0 Å². The van der Waals surface area contributed by atoms with Gasteiger partial charge < -0.3 is 18.1 Å². The summed E-state index contributed by atoms with van der Waals surface area (Å²) in [6.45, 7) is 10.3. The van der Waals surface area contributed by atoms with Crippen LogP contribution < -0.4 is 0 Å². The third-order valence-electron chi connectivity index (χ3n) is 1.03. The summed E-state index contributed by atoms with van der Waals surface area (Å²) in [4.78, 5) is 0. The van der Waals surface area contributed by atoms with Crippen LogP contribution >= 0.6 is 9.69 Å². The van der Waals surface area contributed by atoms with Gasteiger partial charge in [0.1, 0.15) is 0 Å². The van der Waals surface area contributed by atoms with Crippen LogP contribution in [0.2, 0.25) is 0 Å². The molecule has 0 aliphatic heterocycles. The molecule has 0 aliphatic rings. The predicted octanol–water partition coefficient (Wildman–Crippen LogP) is 4.03. The van der Waals surface area contributed by atoms with E-state index in [0.29, 0.717) is 12.1 Å². The minimum atomic E-state index is 0. The fourth-order valence-electron chi connectivity index (χ4n) is 0.901. The second kappa shape index (κ2) is 12.8. The van der Waals surface area contributed by atoms with Crippen molar-refractivity contribution < 1.29 is 17.3 Å². The third kappa shape index (κ3) is 19.3. The van der Waals surface area contributed by atoms with E-state index in [1.54, 1.807) is 0 Å². The molecule has 0 saturated carbocycles. The van der Waals surface area contributed by atoms with Gasteiger partial charge in [0.05, 0.1) is 0 Å². The monoisotopic (exact) mass is 294 g/mol. The molecule has 4 heteroatoms. The Morgan fingerprint density at radius 3 is 1.23 bits per heavy atom. The van der Waals surface area contributed by atoms with Gasteiger partial charge in [-0.2, -0.15) is 0 Å². The van der Waals surface area contributed by atoms with Crippen molar-refractivity contribution in [1.82, 2.24) is 0 Å². The predicted molar refractivity (Wildman–Crippen MR) is 58.7 cm³/mol. The molecule has 0 spiro atoms. The zero-order valence-electron chi connectivity index (χ0n) is 9.36. The molecule has 0 aromatic rings. The fourth-order valence-corrected chi connectivity index (χ4v) is 0.901. The summed E-state index contributed by atoms with van der Waals surface area (Å²) in [6.07, 6.45) is 0.167. The molecule has 0 atom stereocenters. The average molecular weight is 294 g/mol. The third-order valence-corrected chi connectivity index (χ3v) is 1.03. The van der Waals surface area contributed by atoms with Crippen LogP contribution in [0.4, 0.5) is 0 Å². The Hall–Kier alpha value is 0.833. The Kier molecular flexibility index (Phi) is 19.2. The van der Waals surface area contributed by atoms with Crippen molar-refractivity contribution in [2.45, 2.75) is 52.9 Å². The zero-order valence-corrected chi connectivity index (χ0v) is 11.9. The maximum atomic E-state index is 4.57. The summed E-state index contributed by atoms with van der Waals surface area (Å²) in [5.41, 5.74) is 0. The van der Waals surface area contributed by atoms with Crippen molar-refractivity contribution in [3.63, 3.8) is 0 Å². The van der Waals surface area contributed by atoms with Crippen LogP contribution in [0.5, 0.6) is 0 Å². The Morgan fingerprint density at radius 2 is 1.08 bits per heavy atom. The van der Waals surface area contributed by atoms with E-state index < -0.39 is 0 Å². The molecular formula is C9H21ClN2Ru. The molecule has 13 heavy (non-hydrogen) atoms. The molecule has 0 fully saturated rings. The summed E-state index contributed by atoms with van der Waals surface area (Å²) >= 11 is 1.82. The van der Waals surface area contributed by atoms with Crippen LogP contribution in [0.25, 0.3) is 10.6 Å². The van der Waals surface area contributed by atoms with E-state index in [1.807, 2.05) is 24.2 Å². The molecule has 0 aromatic carbocycles. The van der Waals surface area contributed by atoms with E-state index in [2.05, 4.69) is 48.0 Å². The normalized spacial score (nSPS) is 9.62. The van der Waals surface area contributed by atoms with Crippen LogP contribution in [0.1, 0.15) is 34.6 Å². The standard InChI is InChI=1S/C8H18N2.CH3.ClH.Ru/c1-6(2)9-8(5)10-7(3)4;;;/h6-8H,1-5H3;1H3;1H;/q-2;-1;;+4/p-1. The van der Waals surface area contributed by atoms with Crippen molar-refractivity contribution in [2.75, 3.05) is 0 Å². The van der Waals surface area contributed by atoms with E-state index in [-0.39, 0.29) is 13.6 Å². The van der Waals surface area contributed by atoms with E-state index in [0.717, 1.165) is 0 Å². The van der Waals surface area contributed by atoms with Crippen molar-refractivity contribution in [3.8, 4) is 0 Å². The van der Waals surface area contributed by atoms with E-state index in [9.17, 15) is 0 Å². The Bertz CT molecular complexity index is 79.7. The van der Waals surface area contributed by atoms with Gasteiger partial charge in [-0.3, -0.25) is 0 Å². The van der Waals surface area contributed by atoms with Gasteiger partial charge >= 0.3 is 27.0 Å². The Balaban J connectivity index is -0.000000309. The zero-order chi connectivity index (χ0) is 10.1.